The summed E-state index contributed by atoms with van der Waals surface area (Å²) in [4.78, 5) is 54.7. The number of benzene rings is 2. The van der Waals surface area contributed by atoms with Gasteiger partial charge in [-0.15, -0.1) is 0 Å². The lowest BCUT2D eigenvalue weighted by atomic mass is 10.1. The van der Waals surface area contributed by atoms with Crippen LogP contribution >= 0.6 is 0 Å². The smallest absolute Gasteiger partial charge is 0.413 e. The lowest BCUT2D eigenvalue weighted by molar-refractivity contribution is -0.130. The number of anilines is 1. The van der Waals surface area contributed by atoms with Crippen molar-refractivity contribution < 1.29 is 23.9 Å². The van der Waals surface area contributed by atoms with Crippen LogP contribution in [0.2, 0.25) is 0 Å². The molecule has 8 heteroatoms. The molecule has 1 unspecified atom stereocenters. The van der Waals surface area contributed by atoms with E-state index < -0.39 is 17.8 Å². The molecule has 0 aliphatic carbocycles. The summed E-state index contributed by atoms with van der Waals surface area (Å²) in [6.45, 7) is 4.81. The molecule has 1 aliphatic rings. The minimum absolute atomic E-state index is 0.0859. The maximum absolute atomic E-state index is 12.9. The zero-order valence-electron chi connectivity index (χ0n) is 18.5. The van der Waals surface area contributed by atoms with Crippen LogP contribution in [0.5, 0.6) is 0 Å². The van der Waals surface area contributed by atoms with Crippen LogP contribution in [0.15, 0.2) is 54.6 Å². The van der Waals surface area contributed by atoms with Crippen LogP contribution in [-0.2, 0) is 9.53 Å². The van der Waals surface area contributed by atoms with E-state index in [1.165, 1.54) is 21.9 Å². The van der Waals surface area contributed by atoms with Crippen molar-refractivity contribution in [2.45, 2.75) is 19.9 Å². The van der Waals surface area contributed by atoms with E-state index in [1.54, 1.807) is 43.1 Å². The first-order valence-electron chi connectivity index (χ1n) is 10.5. The number of piperazine rings is 1. The van der Waals surface area contributed by atoms with Gasteiger partial charge in [0.25, 0.3) is 11.8 Å². The summed E-state index contributed by atoms with van der Waals surface area (Å²) in [7, 11) is 1.57. The average Bonchev–Trinajstić information content (AvgIpc) is 2.83. The number of amides is 3. The molecule has 0 spiro atoms. The molecule has 1 aliphatic heterocycles. The molecule has 1 saturated heterocycles. The minimum Gasteiger partial charge on any atom is -0.449 e. The van der Waals surface area contributed by atoms with Crippen LogP contribution in [0.3, 0.4) is 0 Å². The molecule has 168 valence electrons. The van der Waals surface area contributed by atoms with Crippen molar-refractivity contribution in [3.05, 3.63) is 65.7 Å². The summed E-state index contributed by atoms with van der Waals surface area (Å²) >= 11 is 0. The molecule has 1 fully saturated rings. The molecular formula is C24H27N3O5. The quantitative estimate of drug-likeness (QED) is 0.530. The molecule has 8 nitrogen and oxygen atoms in total. The predicted molar refractivity (Wildman–Crippen MR) is 120 cm³/mol. The third-order valence-electron chi connectivity index (χ3n) is 5.45. The summed E-state index contributed by atoms with van der Waals surface area (Å²) in [6, 6.07) is 14.9. The minimum atomic E-state index is -0.620. The fourth-order valence-corrected chi connectivity index (χ4v) is 3.62. The van der Waals surface area contributed by atoms with Crippen LogP contribution in [0.4, 0.5) is 10.5 Å². The molecule has 0 saturated carbocycles. The molecule has 3 rings (SSSR count). The van der Waals surface area contributed by atoms with Crippen LogP contribution in [0.1, 0.15) is 34.6 Å². The fraction of sp³-hybridized carbons (Fsp3) is 0.333. The van der Waals surface area contributed by atoms with Crippen LogP contribution < -0.4 is 4.90 Å². The molecule has 3 amide bonds. The first-order valence-corrected chi connectivity index (χ1v) is 10.5. The van der Waals surface area contributed by atoms with Crippen molar-refractivity contribution in [2.75, 3.05) is 38.2 Å². The SMILES string of the molecule is CCOC(=O)N(C)c1ccc(C(=O)C(=O)N2CCN(C(=O)c3ccccc3)CC2C)cc1. The predicted octanol–water partition coefficient (Wildman–Crippen LogP) is 2.84. The zero-order chi connectivity index (χ0) is 23.3. The van der Waals surface area contributed by atoms with Crippen molar-refractivity contribution in [3.8, 4) is 0 Å². The molecule has 0 aromatic heterocycles. The Kier molecular flexibility index (Phi) is 7.25. The van der Waals surface area contributed by atoms with E-state index in [1.807, 2.05) is 25.1 Å². The second-order valence-corrected chi connectivity index (χ2v) is 7.60. The van der Waals surface area contributed by atoms with Gasteiger partial charge in [-0.1, -0.05) is 18.2 Å². The number of rotatable bonds is 5. The highest BCUT2D eigenvalue weighted by molar-refractivity contribution is 6.42. The summed E-state index contributed by atoms with van der Waals surface area (Å²) in [5.74, 6) is -1.31. The molecule has 1 heterocycles. The summed E-state index contributed by atoms with van der Waals surface area (Å²) in [6.07, 6.45) is -0.501. The molecule has 2 aromatic rings. The fourth-order valence-electron chi connectivity index (χ4n) is 3.62. The van der Waals surface area contributed by atoms with Crippen LogP contribution in [0, 0.1) is 0 Å². The van der Waals surface area contributed by atoms with Gasteiger partial charge in [0.1, 0.15) is 0 Å². The third-order valence-corrected chi connectivity index (χ3v) is 5.45. The standard InChI is InChI=1S/C24H27N3O5/c1-4-32-24(31)25(3)20-12-10-18(11-13-20)21(28)23(30)27-15-14-26(16-17(27)2)22(29)19-8-6-5-7-9-19/h5-13,17H,4,14-16H2,1-3H3. The van der Waals surface area contributed by atoms with Crippen molar-refractivity contribution in [1.29, 1.82) is 0 Å². The number of carbonyl (C=O) groups excluding carboxylic acids is 4. The van der Waals surface area contributed by atoms with Gasteiger partial charge in [0.2, 0.25) is 5.78 Å². The molecule has 1 atom stereocenters. The Bertz CT molecular complexity index is 990. The number of ketones is 1. The Morgan fingerprint density at radius 1 is 0.969 bits per heavy atom. The maximum Gasteiger partial charge on any atom is 0.413 e. The lowest BCUT2D eigenvalue weighted by Gasteiger charge is -2.39. The average molecular weight is 437 g/mol. The van der Waals surface area contributed by atoms with Crippen molar-refractivity contribution in [1.82, 2.24) is 9.80 Å². The second-order valence-electron chi connectivity index (χ2n) is 7.60. The van der Waals surface area contributed by atoms with Crippen LogP contribution in [0.25, 0.3) is 0 Å². The van der Waals surface area contributed by atoms with Gasteiger partial charge in [-0.25, -0.2) is 4.79 Å². The van der Waals surface area contributed by atoms with E-state index in [4.69, 9.17) is 4.74 Å². The van der Waals surface area contributed by atoms with E-state index >= 15 is 0 Å². The van der Waals surface area contributed by atoms with Crippen molar-refractivity contribution >= 4 is 29.4 Å². The Morgan fingerprint density at radius 3 is 2.22 bits per heavy atom. The highest BCUT2D eigenvalue weighted by Crippen LogP contribution is 2.18. The normalized spacial score (nSPS) is 15.8. The van der Waals surface area contributed by atoms with E-state index in [0.717, 1.165) is 0 Å². The summed E-state index contributed by atoms with van der Waals surface area (Å²) < 4.78 is 4.95. The second kappa shape index (κ2) is 10.1. The first-order chi connectivity index (χ1) is 15.3. The lowest BCUT2D eigenvalue weighted by Crippen LogP contribution is -2.56. The van der Waals surface area contributed by atoms with Crippen LogP contribution in [-0.4, -0.2) is 72.8 Å². The Morgan fingerprint density at radius 2 is 1.62 bits per heavy atom. The molecular weight excluding hydrogens is 410 g/mol. The molecule has 0 radical (unpaired) electrons. The van der Waals surface area contributed by atoms with Gasteiger partial charge < -0.3 is 14.5 Å². The van der Waals surface area contributed by atoms with Crippen molar-refractivity contribution in [3.63, 3.8) is 0 Å². The number of hydrogen-bond donors (Lipinski definition) is 0. The highest BCUT2D eigenvalue weighted by atomic mass is 16.6. The molecule has 0 bridgehead atoms. The van der Waals surface area contributed by atoms with Gasteiger partial charge in [0.05, 0.1) is 6.61 Å². The Balaban J connectivity index is 1.63. The highest BCUT2D eigenvalue weighted by Gasteiger charge is 2.33. The monoisotopic (exact) mass is 437 g/mol. The number of ether oxygens (including phenoxy) is 1. The van der Waals surface area contributed by atoms with E-state index in [-0.39, 0.29) is 30.7 Å². The number of nitrogens with zero attached hydrogens (tertiary/aromatic N) is 3. The number of hydrogen-bond acceptors (Lipinski definition) is 5. The van der Waals surface area contributed by atoms with Gasteiger partial charge in [0.15, 0.2) is 0 Å². The van der Waals surface area contributed by atoms with Crippen molar-refractivity contribution in [2.24, 2.45) is 0 Å². The number of carbonyl (C=O) groups is 4. The summed E-state index contributed by atoms with van der Waals surface area (Å²) in [5, 5.41) is 0. The van der Waals surface area contributed by atoms with Gasteiger partial charge in [-0.05, 0) is 50.2 Å². The molecule has 0 N–H and O–H groups in total. The Hall–Kier alpha value is -3.68. The Labute approximate surface area is 187 Å². The summed E-state index contributed by atoms with van der Waals surface area (Å²) in [5.41, 5.74) is 1.39. The topological polar surface area (TPSA) is 87.2 Å². The first kappa shape index (κ1) is 23.0. The van der Waals surface area contributed by atoms with E-state index in [2.05, 4.69) is 0 Å². The van der Waals surface area contributed by atoms with Gasteiger partial charge in [-0.3, -0.25) is 19.3 Å². The third kappa shape index (κ3) is 4.96. The zero-order valence-corrected chi connectivity index (χ0v) is 18.5. The van der Waals surface area contributed by atoms with Gasteiger partial charge in [0, 0.05) is 49.5 Å². The van der Waals surface area contributed by atoms with Gasteiger partial charge in [-0.2, -0.15) is 0 Å². The number of Topliss-reactive ketones (excluding diaryl/α,β-unsaturated/α-hetero) is 1. The van der Waals surface area contributed by atoms with Gasteiger partial charge >= 0.3 is 6.09 Å². The molecule has 2 aromatic carbocycles. The van der Waals surface area contributed by atoms with E-state index in [0.29, 0.717) is 24.3 Å². The maximum atomic E-state index is 12.9. The molecule has 32 heavy (non-hydrogen) atoms. The van der Waals surface area contributed by atoms with E-state index in [9.17, 15) is 19.2 Å². The largest absolute Gasteiger partial charge is 0.449 e.